The zero-order valence-corrected chi connectivity index (χ0v) is 9.56. The van der Waals surface area contributed by atoms with E-state index in [1.54, 1.807) is 18.6 Å². The van der Waals surface area contributed by atoms with Gasteiger partial charge in [-0.05, 0) is 38.3 Å². The van der Waals surface area contributed by atoms with E-state index in [4.69, 9.17) is 4.74 Å². The topological polar surface area (TPSA) is 47.0 Å². The highest BCUT2D eigenvalue weighted by molar-refractivity contribution is 4.91. The van der Waals surface area contributed by atoms with Crippen LogP contribution in [0.5, 0.6) is 0 Å². The standard InChI is InChI=1S/C12H19N3O/c1-4-13-5-2-11(1)3-8-16-10-12-9-14-6-7-15-12/h6-7,9,11,13H,1-5,8,10H2. The van der Waals surface area contributed by atoms with Crippen LogP contribution in [0.2, 0.25) is 0 Å². The molecule has 1 aromatic rings. The van der Waals surface area contributed by atoms with Gasteiger partial charge < -0.3 is 10.1 Å². The molecular formula is C12H19N3O. The first-order valence-corrected chi connectivity index (χ1v) is 5.98. The van der Waals surface area contributed by atoms with Crippen molar-refractivity contribution in [2.45, 2.75) is 25.9 Å². The lowest BCUT2D eigenvalue weighted by Crippen LogP contribution is -2.28. The molecule has 4 nitrogen and oxygen atoms in total. The second-order valence-electron chi connectivity index (χ2n) is 4.23. The Morgan fingerprint density at radius 1 is 1.31 bits per heavy atom. The zero-order valence-electron chi connectivity index (χ0n) is 9.56. The highest BCUT2D eigenvalue weighted by atomic mass is 16.5. The number of nitrogens with zero attached hydrogens (tertiary/aromatic N) is 2. The van der Waals surface area contributed by atoms with Crippen molar-refractivity contribution in [1.82, 2.24) is 15.3 Å². The average molecular weight is 221 g/mol. The maximum Gasteiger partial charge on any atom is 0.0903 e. The van der Waals surface area contributed by atoms with Crippen LogP contribution in [0.3, 0.4) is 0 Å². The number of hydrogen-bond donors (Lipinski definition) is 1. The van der Waals surface area contributed by atoms with Gasteiger partial charge in [0, 0.05) is 19.0 Å². The van der Waals surface area contributed by atoms with E-state index in [2.05, 4.69) is 15.3 Å². The maximum absolute atomic E-state index is 5.60. The van der Waals surface area contributed by atoms with E-state index >= 15 is 0 Å². The maximum atomic E-state index is 5.60. The summed E-state index contributed by atoms with van der Waals surface area (Å²) in [5.41, 5.74) is 0.910. The van der Waals surface area contributed by atoms with Crippen molar-refractivity contribution in [3.63, 3.8) is 0 Å². The van der Waals surface area contributed by atoms with Crippen LogP contribution < -0.4 is 5.32 Å². The predicted molar refractivity (Wildman–Crippen MR) is 61.9 cm³/mol. The minimum atomic E-state index is 0.582. The number of aromatic nitrogens is 2. The van der Waals surface area contributed by atoms with E-state index in [9.17, 15) is 0 Å². The Balaban J connectivity index is 1.58. The molecule has 16 heavy (non-hydrogen) atoms. The summed E-state index contributed by atoms with van der Waals surface area (Å²) in [5, 5.41) is 3.37. The monoisotopic (exact) mass is 221 g/mol. The lowest BCUT2D eigenvalue weighted by atomic mass is 9.95. The van der Waals surface area contributed by atoms with E-state index in [0.29, 0.717) is 6.61 Å². The van der Waals surface area contributed by atoms with Gasteiger partial charge in [-0.3, -0.25) is 9.97 Å². The minimum Gasteiger partial charge on any atom is -0.375 e. The molecule has 0 atom stereocenters. The SMILES string of the molecule is c1cnc(COCCC2CCNCC2)cn1. The Morgan fingerprint density at radius 2 is 2.19 bits per heavy atom. The lowest BCUT2D eigenvalue weighted by Gasteiger charge is -2.22. The summed E-state index contributed by atoms with van der Waals surface area (Å²) in [6.45, 7) is 3.74. The van der Waals surface area contributed by atoms with E-state index < -0.39 is 0 Å². The van der Waals surface area contributed by atoms with Gasteiger partial charge in [-0.2, -0.15) is 0 Å². The molecule has 4 heteroatoms. The van der Waals surface area contributed by atoms with Crippen molar-refractivity contribution in [2.75, 3.05) is 19.7 Å². The van der Waals surface area contributed by atoms with Gasteiger partial charge in [-0.15, -0.1) is 0 Å². The summed E-state index contributed by atoms with van der Waals surface area (Å²) in [6, 6.07) is 0. The molecule has 88 valence electrons. The molecule has 0 radical (unpaired) electrons. The number of ether oxygens (including phenoxy) is 1. The second-order valence-corrected chi connectivity index (χ2v) is 4.23. The normalized spacial score (nSPS) is 17.5. The first kappa shape index (κ1) is 11.5. The average Bonchev–Trinajstić information content (AvgIpc) is 2.37. The van der Waals surface area contributed by atoms with Crippen LogP contribution in [-0.4, -0.2) is 29.7 Å². The van der Waals surface area contributed by atoms with E-state index in [-0.39, 0.29) is 0 Å². The van der Waals surface area contributed by atoms with Gasteiger partial charge in [0.15, 0.2) is 0 Å². The third kappa shape index (κ3) is 3.87. The zero-order chi connectivity index (χ0) is 11.1. The van der Waals surface area contributed by atoms with E-state index in [1.807, 2.05) is 0 Å². The largest absolute Gasteiger partial charge is 0.375 e. The molecule has 1 saturated heterocycles. The van der Waals surface area contributed by atoms with Gasteiger partial charge in [-0.25, -0.2) is 0 Å². The summed E-state index contributed by atoms with van der Waals surface area (Å²) in [6.07, 6.45) is 8.87. The smallest absolute Gasteiger partial charge is 0.0903 e. The van der Waals surface area contributed by atoms with Crippen molar-refractivity contribution in [3.8, 4) is 0 Å². The summed E-state index contributed by atoms with van der Waals surface area (Å²) < 4.78 is 5.60. The second kappa shape index (κ2) is 6.55. The van der Waals surface area contributed by atoms with Gasteiger partial charge in [0.05, 0.1) is 18.5 Å². The Morgan fingerprint density at radius 3 is 2.94 bits per heavy atom. The number of hydrogen-bond acceptors (Lipinski definition) is 4. The number of nitrogens with one attached hydrogen (secondary N) is 1. The molecular weight excluding hydrogens is 202 g/mol. The fraction of sp³-hybridized carbons (Fsp3) is 0.667. The van der Waals surface area contributed by atoms with Crippen LogP contribution in [0.15, 0.2) is 18.6 Å². The molecule has 0 spiro atoms. The van der Waals surface area contributed by atoms with Gasteiger partial charge in [0.1, 0.15) is 0 Å². The summed E-state index contributed by atoms with van der Waals surface area (Å²) in [7, 11) is 0. The lowest BCUT2D eigenvalue weighted by molar-refractivity contribution is 0.100. The number of rotatable bonds is 5. The predicted octanol–water partition coefficient (Wildman–Crippen LogP) is 1.38. The first-order chi connectivity index (χ1) is 7.95. The van der Waals surface area contributed by atoms with Crippen LogP contribution in [-0.2, 0) is 11.3 Å². The van der Waals surface area contributed by atoms with Crippen LogP contribution in [0.1, 0.15) is 25.0 Å². The molecule has 2 heterocycles. The minimum absolute atomic E-state index is 0.582. The van der Waals surface area contributed by atoms with Crippen molar-refractivity contribution >= 4 is 0 Å². The van der Waals surface area contributed by atoms with Crippen molar-refractivity contribution in [1.29, 1.82) is 0 Å². The fourth-order valence-corrected chi connectivity index (χ4v) is 2.00. The Bertz CT molecular complexity index is 286. The number of piperidine rings is 1. The first-order valence-electron chi connectivity index (χ1n) is 5.98. The van der Waals surface area contributed by atoms with Crippen molar-refractivity contribution in [3.05, 3.63) is 24.3 Å². The van der Waals surface area contributed by atoms with Gasteiger partial charge >= 0.3 is 0 Å². The van der Waals surface area contributed by atoms with Crippen LogP contribution in [0, 0.1) is 5.92 Å². The third-order valence-electron chi connectivity index (χ3n) is 3.00. The van der Waals surface area contributed by atoms with E-state index in [0.717, 1.165) is 31.3 Å². The molecule has 0 aliphatic carbocycles. The molecule has 0 bridgehead atoms. The molecule has 1 aliphatic heterocycles. The molecule has 1 N–H and O–H groups in total. The highest BCUT2D eigenvalue weighted by Gasteiger charge is 2.12. The van der Waals surface area contributed by atoms with Gasteiger partial charge in [0.25, 0.3) is 0 Å². The summed E-state index contributed by atoms with van der Waals surface area (Å²) in [5.74, 6) is 0.836. The Labute approximate surface area is 96.4 Å². The van der Waals surface area contributed by atoms with Crippen molar-refractivity contribution < 1.29 is 4.74 Å². The van der Waals surface area contributed by atoms with Crippen LogP contribution in [0.25, 0.3) is 0 Å². The molecule has 0 saturated carbocycles. The molecule has 0 unspecified atom stereocenters. The van der Waals surface area contributed by atoms with Crippen LogP contribution >= 0.6 is 0 Å². The highest BCUT2D eigenvalue weighted by Crippen LogP contribution is 2.15. The molecule has 1 fully saturated rings. The summed E-state index contributed by atoms with van der Waals surface area (Å²) in [4.78, 5) is 8.17. The van der Waals surface area contributed by atoms with Gasteiger partial charge in [-0.1, -0.05) is 0 Å². The molecule has 2 rings (SSSR count). The molecule has 0 aromatic carbocycles. The third-order valence-corrected chi connectivity index (χ3v) is 3.00. The van der Waals surface area contributed by atoms with Crippen molar-refractivity contribution in [2.24, 2.45) is 5.92 Å². The molecule has 1 aliphatic rings. The Hall–Kier alpha value is -1.00. The quantitative estimate of drug-likeness (QED) is 0.763. The summed E-state index contributed by atoms with van der Waals surface area (Å²) >= 11 is 0. The van der Waals surface area contributed by atoms with E-state index in [1.165, 1.54) is 19.3 Å². The molecule has 1 aromatic heterocycles. The van der Waals surface area contributed by atoms with Crippen LogP contribution in [0.4, 0.5) is 0 Å². The molecule has 0 amide bonds. The van der Waals surface area contributed by atoms with Gasteiger partial charge in [0.2, 0.25) is 0 Å². The Kier molecular flexibility index (Phi) is 4.70. The fourth-order valence-electron chi connectivity index (χ4n) is 2.00.